The monoisotopic (exact) mass is 340 g/mol. The van der Waals surface area contributed by atoms with Crippen molar-refractivity contribution in [3.8, 4) is 11.5 Å². The zero-order valence-corrected chi connectivity index (χ0v) is 13.9. The number of oxazole rings is 1. The summed E-state index contributed by atoms with van der Waals surface area (Å²) in [5.41, 5.74) is 0.938. The van der Waals surface area contributed by atoms with E-state index >= 15 is 0 Å². The zero-order chi connectivity index (χ0) is 15.9. The van der Waals surface area contributed by atoms with Gasteiger partial charge in [-0.05, 0) is 24.6 Å². The molecule has 6 heteroatoms. The largest absolute Gasteiger partial charge is 0.444 e. The summed E-state index contributed by atoms with van der Waals surface area (Å²) >= 11 is 11.8. The molecule has 0 saturated carbocycles. The first-order chi connectivity index (χ1) is 10.6. The third kappa shape index (κ3) is 4.49. The molecule has 0 saturated heterocycles. The van der Waals surface area contributed by atoms with E-state index in [1.807, 2.05) is 0 Å². The summed E-state index contributed by atoms with van der Waals surface area (Å²) in [7, 11) is 0. The summed E-state index contributed by atoms with van der Waals surface area (Å²) in [5, 5.41) is 3.71. The van der Waals surface area contributed by atoms with Gasteiger partial charge in [-0.25, -0.2) is 4.98 Å². The van der Waals surface area contributed by atoms with Gasteiger partial charge in [-0.2, -0.15) is 0 Å². The van der Waals surface area contributed by atoms with E-state index in [1.165, 1.54) is 19.1 Å². The number of unbranched alkanes of at least 4 members (excludes halogenated alkanes) is 3. The molecular weight excluding hydrogens is 323 g/mol. The summed E-state index contributed by atoms with van der Waals surface area (Å²) in [4.78, 5) is 16.1. The number of hydrogen-bond acceptors (Lipinski definition) is 3. The van der Waals surface area contributed by atoms with Crippen molar-refractivity contribution in [2.75, 3.05) is 6.54 Å². The molecule has 4 nitrogen and oxygen atoms in total. The first kappa shape index (κ1) is 16.8. The standard InChI is InChI=1S/C16H18Cl2N2O2/c1-2-3-4-5-8-19-15(21)14-10-22-16(20-14)11-6-7-12(17)13(18)9-11/h6-7,9-10H,2-5,8H2,1H3,(H,19,21). The minimum atomic E-state index is -0.230. The summed E-state index contributed by atoms with van der Waals surface area (Å²) in [5.74, 6) is 0.112. The van der Waals surface area contributed by atoms with Crippen molar-refractivity contribution in [2.24, 2.45) is 0 Å². The number of hydrogen-bond donors (Lipinski definition) is 1. The van der Waals surface area contributed by atoms with Crippen LogP contribution < -0.4 is 5.32 Å². The Kier molecular flexibility index (Phi) is 6.28. The Labute approximate surface area is 139 Å². The molecule has 0 aliphatic carbocycles. The second-order valence-corrected chi connectivity index (χ2v) is 5.80. The van der Waals surface area contributed by atoms with Crippen molar-refractivity contribution >= 4 is 29.1 Å². The first-order valence-electron chi connectivity index (χ1n) is 7.31. The van der Waals surface area contributed by atoms with Gasteiger partial charge in [-0.1, -0.05) is 49.4 Å². The average molecular weight is 341 g/mol. The molecule has 0 radical (unpaired) electrons. The third-order valence-electron chi connectivity index (χ3n) is 3.22. The van der Waals surface area contributed by atoms with Crippen molar-refractivity contribution in [1.82, 2.24) is 10.3 Å². The normalized spacial score (nSPS) is 10.7. The highest BCUT2D eigenvalue weighted by Crippen LogP contribution is 2.28. The third-order valence-corrected chi connectivity index (χ3v) is 3.96. The molecule has 0 aliphatic rings. The quantitative estimate of drug-likeness (QED) is 0.724. The number of nitrogens with zero attached hydrogens (tertiary/aromatic N) is 1. The Bertz CT molecular complexity index is 641. The number of halogens is 2. The molecule has 2 rings (SSSR count). The molecule has 0 aliphatic heterocycles. The van der Waals surface area contributed by atoms with E-state index in [4.69, 9.17) is 27.6 Å². The van der Waals surface area contributed by atoms with Crippen LogP contribution in [0, 0.1) is 0 Å². The van der Waals surface area contributed by atoms with E-state index in [1.54, 1.807) is 18.2 Å². The number of rotatable bonds is 7. The van der Waals surface area contributed by atoms with E-state index in [0.717, 1.165) is 12.8 Å². The van der Waals surface area contributed by atoms with Crippen LogP contribution in [-0.2, 0) is 0 Å². The Morgan fingerprint density at radius 2 is 2.05 bits per heavy atom. The predicted octanol–water partition coefficient (Wildman–Crippen LogP) is 4.96. The van der Waals surface area contributed by atoms with Gasteiger partial charge in [0.1, 0.15) is 6.26 Å². The van der Waals surface area contributed by atoms with Crippen molar-refractivity contribution < 1.29 is 9.21 Å². The Balaban J connectivity index is 1.95. The van der Waals surface area contributed by atoms with Crippen molar-refractivity contribution in [2.45, 2.75) is 32.6 Å². The molecule has 0 atom stereocenters. The lowest BCUT2D eigenvalue weighted by Crippen LogP contribution is -2.24. The average Bonchev–Trinajstić information content (AvgIpc) is 2.99. The number of aromatic nitrogens is 1. The zero-order valence-electron chi connectivity index (χ0n) is 12.4. The van der Waals surface area contributed by atoms with Crippen LogP contribution in [0.15, 0.2) is 28.9 Å². The van der Waals surface area contributed by atoms with Gasteiger partial charge in [-0.3, -0.25) is 4.79 Å². The van der Waals surface area contributed by atoms with Crippen molar-refractivity contribution in [1.29, 1.82) is 0 Å². The van der Waals surface area contributed by atoms with Gasteiger partial charge in [0.2, 0.25) is 5.89 Å². The lowest BCUT2D eigenvalue weighted by atomic mass is 10.2. The maximum atomic E-state index is 12.0. The maximum Gasteiger partial charge on any atom is 0.273 e. The molecule has 1 amide bonds. The number of benzene rings is 1. The molecule has 22 heavy (non-hydrogen) atoms. The van der Waals surface area contributed by atoms with E-state index < -0.39 is 0 Å². The maximum absolute atomic E-state index is 12.0. The Hall–Kier alpha value is -1.52. The van der Waals surface area contributed by atoms with Crippen LogP contribution in [0.25, 0.3) is 11.5 Å². The topological polar surface area (TPSA) is 55.1 Å². The molecule has 0 fully saturated rings. The van der Waals surface area contributed by atoms with Crippen molar-refractivity contribution in [3.05, 3.63) is 40.2 Å². The highest BCUT2D eigenvalue weighted by molar-refractivity contribution is 6.42. The highest BCUT2D eigenvalue weighted by atomic mass is 35.5. The van der Waals surface area contributed by atoms with Gasteiger partial charge in [0, 0.05) is 12.1 Å². The highest BCUT2D eigenvalue weighted by Gasteiger charge is 2.13. The SMILES string of the molecule is CCCCCCNC(=O)c1coc(-c2ccc(Cl)c(Cl)c2)n1. The molecule has 1 N–H and O–H groups in total. The number of nitrogens with one attached hydrogen (secondary N) is 1. The minimum absolute atomic E-state index is 0.230. The van der Waals surface area contributed by atoms with Gasteiger partial charge in [0.15, 0.2) is 5.69 Å². The Morgan fingerprint density at radius 1 is 1.23 bits per heavy atom. The fourth-order valence-corrected chi connectivity index (χ4v) is 2.28. The molecule has 0 unspecified atom stereocenters. The van der Waals surface area contributed by atoms with Gasteiger partial charge in [0.05, 0.1) is 10.0 Å². The smallest absolute Gasteiger partial charge is 0.273 e. The Morgan fingerprint density at radius 3 is 2.77 bits per heavy atom. The van der Waals surface area contributed by atoms with Crippen molar-refractivity contribution in [3.63, 3.8) is 0 Å². The molecular formula is C16H18Cl2N2O2. The van der Waals surface area contributed by atoms with Crippen LogP contribution in [0.2, 0.25) is 10.0 Å². The lowest BCUT2D eigenvalue weighted by molar-refractivity contribution is 0.0948. The number of amides is 1. The van der Waals surface area contributed by atoms with Gasteiger partial charge in [-0.15, -0.1) is 0 Å². The molecule has 0 spiro atoms. The second kappa shape index (κ2) is 8.20. The summed E-state index contributed by atoms with van der Waals surface area (Å²) in [6, 6.07) is 5.06. The van der Waals surface area contributed by atoms with Gasteiger partial charge >= 0.3 is 0 Å². The van der Waals surface area contributed by atoms with Gasteiger partial charge < -0.3 is 9.73 Å². The fourth-order valence-electron chi connectivity index (χ4n) is 1.98. The van der Waals surface area contributed by atoms with Gasteiger partial charge in [0.25, 0.3) is 5.91 Å². The fraction of sp³-hybridized carbons (Fsp3) is 0.375. The van der Waals surface area contributed by atoms with Crippen LogP contribution in [-0.4, -0.2) is 17.4 Å². The minimum Gasteiger partial charge on any atom is -0.444 e. The van der Waals surface area contributed by atoms with Crippen LogP contribution in [0.4, 0.5) is 0 Å². The predicted molar refractivity (Wildman–Crippen MR) is 88.4 cm³/mol. The van der Waals surface area contributed by atoms with E-state index in [9.17, 15) is 4.79 Å². The molecule has 1 heterocycles. The summed E-state index contributed by atoms with van der Waals surface area (Å²) in [6.45, 7) is 2.80. The summed E-state index contributed by atoms with van der Waals surface area (Å²) in [6.07, 6.45) is 5.78. The van der Waals surface area contributed by atoms with Crippen LogP contribution in [0.5, 0.6) is 0 Å². The second-order valence-electron chi connectivity index (χ2n) is 4.98. The first-order valence-corrected chi connectivity index (χ1v) is 8.06. The number of carbonyl (C=O) groups is 1. The number of carbonyl (C=O) groups excluding carboxylic acids is 1. The van der Waals surface area contributed by atoms with Crippen LogP contribution in [0.1, 0.15) is 43.1 Å². The molecule has 0 bridgehead atoms. The summed E-state index contributed by atoms with van der Waals surface area (Å²) < 4.78 is 5.34. The molecule has 1 aromatic carbocycles. The molecule has 2 aromatic rings. The lowest BCUT2D eigenvalue weighted by Gasteiger charge is -2.02. The molecule has 1 aromatic heterocycles. The van der Waals surface area contributed by atoms with E-state index in [-0.39, 0.29) is 11.6 Å². The van der Waals surface area contributed by atoms with E-state index in [0.29, 0.717) is 28.0 Å². The van der Waals surface area contributed by atoms with E-state index in [2.05, 4.69) is 17.2 Å². The van der Waals surface area contributed by atoms with Crippen LogP contribution >= 0.6 is 23.2 Å². The van der Waals surface area contributed by atoms with Crippen LogP contribution in [0.3, 0.4) is 0 Å². The molecule has 118 valence electrons.